The molecule has 6 heteroatoms. The number of hydrogen-bond donors (Lipinski definition) is 1. The van der Waals surface area contributed by atoms with Gasteiger partial charge in [0.25, 0.3) is 0 Å². The van der Waals surface area contributed by atoms with Crippen LogP contribution in [0.4, 0.5) is 4.79 Å². The van der Waals surface area contributed by atoms with E-state index in [4.69, 9.17) is 9.94 Å². The van der Waals surface area contributed by atoms with Gasteiger partial charge in [-0.25, -0.2) is 9.86 Å². The third-order valence-corrected chi connectivity index (χ3v) is 2.58. The van der Waals surface area contributed by atoms with Crippen LogP contribution in [0.25, 0.3) is 0 Å². The second kappa shape index (κ2) is 6.32. The minimum Gasteiger partial charge on any atom is -0.465 e. The van der Waals surface area contributed by atoms with E-state index < -0.39 is 6.09 Å². The molecule has 94 valence electrons. The Bertz CT molecular complexity index is 255. The minimum absolute atomic E-state index is 0.0651. The van der Waals surface area contributed by atoms with Crippen molar-refractivity contribution in [3.8, 4) is 0 Å². The fraction of sp³-hybridized carbons (Fsp3) is 0.800. The normalized spacial score (nSPS) is 12.4. The number of carbonyl (C=O) groups is 2. The summed E-state index contributed by atoms with van der Waals surface area (Å²) in [5, 5.41) is 9.98. The molecule has 2 amide bonds. The average Bonchev–Trinajstić information content (AvgIpc) is 2.22. The van der Waals surface area contributed by atoms with Crippen molar-refractivity contribution in [2.75, 3.05) is 21.2 Å². The summed E-state index contributed by atoms with van der Waals surface area (Å²) in [6, 6.07) is -0.345. The van der Waals surface area contributed by atoms with Crippen molar-refractivity contribution in [2.45, 2.75) is 26.3 Å². The van der Waals surface area contributed by atoms with Crippen LogP contribution < -0.4 is 0 Å². The molecule has 0 spiro atoms. The number of rotatable bonds is 5. The largest absolute Gasteiger partial charge is 0.465 e. The van der Waals surface area contributed by atoms with Crippen molar-refractivity contribution >= 4 is 12.0 Å². The van der Waals surface area contributed by atoms with Gasteiger partial charge in [-0.1, -0.05) is 13.8 Å². The smallest absolute Gasteiger partial charge is 0.407 e. The Labute approximate surface area is 95.7 Å². The number of amides is 2. The molecule has 1 unspecified atom stereocenters. The Morgan fingerprint density at radius 3 is 2.12 bits per heavy atom. The molecule has 0 saturated carbocycles. The van der Waals surface area contributed by atoms with Crippen LogP contribution >= 0.6 is 0 Å². The zero-order valence-electron chi connectivity index (χ0n) is 10.4. The molecule has 0 saturated heterocycles. The first-order chi connectivity index (χ1) is 7.31. The van der Waals surface area contributed by atoms with Gasteiger partial charge in [-0.05, 0) is 5.92 Å². The number of carbonyl (C=O) groups excluding carboxylic acids is 1. The van der Waals surface area contributed by atoms with Crippen LogP contribution in [0.1, 0.15) is 20.3 Å². The number of hydrogen-bond acceptors (Lipinski definition) is 3. The topological polar surface area (TPSA) is 70.1 Å². The highest BCUT2D eigenvalue weighted by atomic mass is 16.7. The Morgan fingerprint density at radius 1 is 1.31 bits per heavy atom. The molecule has 0 aromatic heterocycles. The first-order valence-corrected chi connectivity index (χ1v) is 5.07. The zero-order valence-corrected chi connectivity index (χ0v) is 10.4. The Balaban J connectivity index is 4.58. The molecule has 6 nitrogen and oxygen atoms in total. The van der Waals surface area contributed by atoms with Crippen LogP contribution in [0, 0.1) is 5.92 Å². The van der Waals surface area contributed by atoms with Gasteiger partial charge in [0.15, 0.2) is 0 Å². The van der Waals surface area contributed by atoms with Gasteiger partial charge in [-0.2, -0.15) is 0 Å². The Kier molecular flexibility index (Phi) is 5.81. The van der Waals surface area contributed by atoms with Crippen molar-refractivity contribution < 1.29 is 19.5 Å². The Hall–Kier alpha value is -1.30. The summed E-state index contributed by atoms with van der Waals surface area (Å²) in [7, 11) is 4.36. The second-order valence-electron chi connectivity index (χ2n) is 3.98. The molecule has 0 bridgehead atoms. The van der Waals surface area contributed by atoms with Crippen molar-refractivity contribution in [3.05, 3.63) is 0 Å². The van der Waals surface area contributed by atoms with Crippen LogP contribution in [0.3, 0.4) is 0 Å². The molecule has 0 radical (unpaired) electrons. The molecule has 0 fully saturated rings. The molecular weight excluding hydrogens is 212 g/mol. The molecule has 16 heavy (non-hydrogen) atoms. The molecule has 0 aliphatic heterocycles. The van der Waals surface area contributed by atoms with Crippen LogP contribution in [0.15, 0.2) is 0 Å². The standard InChI is InChI=1S/C10H20N2O4/c1-7(2)8(11(3)10(14)15)6-9(13)12(4)16-5/h7-8H,6H2,1-5H3,(H,14,15). The summed E-state index contributed by atoms with van der Waals surface area (Å²) >= 11 is 0. The maximum absolute atomic E-state index is 11.6. The van der Waals surface area contributed by atoms with Gasteiger partial charge < -0.3 is 10.0 Å². The maximum Gasteiger partial charge on any atom is 0.407 e. The minimum atomic E-state index is -1.04. The van der Waals surface area contributed by atoms with E-state index in [1.807, 2.05) is 13.8 Å². The van der Waals surface area contributed by atoms with Gasteiger partial charge >= 0.3 is 6.09 Å². The monoisotopic (exact) mass is 232 g/mol. The fourth-order valence-electron chi connectivity index (χ4n) is 1.37. The van der Waals surface area contributed by atoms with Crippen LogP contribution in [0.5, 0.6) is 0 Å². The van der Waals surface area contributed by atoms with Gasteiger partial charge in [0.2, 0.25) is 5.91 Å². The molecule has 0 heterocycles. The summed E-state index contributed by atoms with van der Waals surface area (Å²) in [6.07, 6.45) is -0.920. The number of hydroxylamine groups is 2. The fourth-order valence-corrected chi connectivity index (χ4v) is 1.37. The molecule has 1 atom stereocenters. The summed E-state index contributed by atoms with van der Waals surface area (Å²) in [5.74, 6) is -0.176. The molecule has 0 aromatic rings. The van der Waals surface area contributed by atoms with Crippen molar-refractivity contribution in [1.29, 1.82) is 0 Å². The lowest BCUT2D eigenvalue weighted by Crippen LogP contribution is -2.43. The van der Waals surface area contributed by atoms with Gasteiger partial charge in [0, 0.05) is 26.6 Å². The molecule has 0 rings (SSSR count). The zero-order chi connectivity index (χ0) is 12.9. The van der Waals surface area contributed by atoms with E-state index in [1.165, 1.54) is 21.2 Å². The third-order valence-electron chi connectivity index (χ3n) is 2.58. The maximum atomic E-state index is 11.6. The van der Waals surface area contributed by atoms with Crippen molar-refractivity contribution in [2.24, 2.45) is 5.92 Å². The van der Waals surface area contributed by atoms with Crippen LogP contribution in [-0.2, 0) is 9.63 Å². The predicted octanol–water partition coefficient (Wildman–Crippen LogP) is 1.03. The van der Waals surface area contributed by atoms with Gasteiger partial charge in [-0.3, -0.25) is 9.63 Å². The van der Waals surface area contributed by atoms with Gasteiger partial charge in [-0.15, -0.1) is 0 Å². The lowest BCUT2D eigenvalue weighted by atomic mass is 9.99. The van der Waals surface area contributed by atoms with E-state index in [2.05, 4.69) is 0 Å². The Morgan fingerprint density at radius 2 is 1.81 bits per heavy atom. The molecule has 0 aliphatic rings. The number of carboxylic acid groups (broad SMARTS) is 1. The highest BCUT2D eigenvalue weighted by Gasteiger charge is 2.26. The lowest BCUT2D eigenvalue weighted by Gasteiger charge is -2.29. The van der Waals surface area contributed by atoms with E-state index >= 15 is 0 Å². The van der Waals surface area contributed by atoms with Crippen LogP contribution in [-0.4, -0.2) is 54.3 Å². The summed E-state index contributed by atoms with van der Waals surface area (Å²) < 4.78 is 0. The van der Waals surface area contributed by atoms with E-state index in [-0.39, 0.29) is 24.3 Å². The number of nitrogens with zero attached hydrogens (tertiary/aromatic N) is 2. The van der Waals surface area contributed by atoms with E-state index in [1.54, 1.807) is 0 Å². The predicted molar refractivity (Wildman–Crippen MR) is 58.8 cm³/mol. The van der Waals surface area contributed by atoms with Crippen molar-refractivity contribution in [3.63, 3.8) is 0 Å². The van der Waals surface area contributed by atoms with Crippen LogP contribution in [0.2, 0.25) is 0 Å². The highest BCUT2D eigenvalue weighted by Crippen LogP contribution is 2.14. The quantitative estimate of drug-likeness (QED) is 0.719. The molecular formula is C10H20N2O4. The van der Waals surface area contributed by atoms with Gasteiger partial charge in [0.05, 0.1) is 7.11 Å². The first kappa shape index (κ1) is 14.7. The summed E-state index contributed by atoms with van der Waals surface area (Å²) in [6.45, 7) is 3.76. The molecule has 0 aromatic carbocycles. The van der Waals surface area contributed by atoms with Gasteiger partial charge in [0.1, 0.15) is 0 Å². The summed E-state index contributed by atoms with van der Waals surface area (Å²) in [4.78, 5) is 28.3. The second-order valence-corrected chi connectivity index (χ2v) is 3.98. The summed E-state index contributed by atoms with van der Waals surface area (Å²) in [5.41, 5.74) is 0. The molecule has 1 N–H and O–H groups in total. The third kappa shape index (κ3) is 4.06. The average molecular weight is 232 g/mol. The molecule has 0 aliphatic carbocycles. The van der Waals surface area contributed by atoms with E-state index in [0.29, 0.717) is 0 Å². The van der Waals surface area contributed by atoms with E-state index in [9.17, 15) is 9.59 Å². The van der Waals surface area contributed by atoms with E-state index in [0.717, 1.165) is 9.96 Å². The van der Waals surface area contributed by atoms with Crippen molar-refractivity contribution in [1.82, 2.24) is 9.96 Å². The highest BCUT2D eigenvalue weighted by molar-refractivity contribution is 5.76. The lowest BCUT2D eigenvalue weighted by molar-refractivity contribution is -0.170. The SMILES string of the molecule is CON(C)C(=O)CC(C(C)C)N(C)C(=O)O. The first-order valence-electron chi connectivity index (χ1n) is 5.07.